The Balaban J connectivity index is 2.13. The van der Waals surface area contributed by atoms with E-state index in [-0.39, 0.29) is 17.1 Å². The van der Waals surface area contributed by atoms with Crippen LogP contribution in [0.2, 0.25) is 0 Å². The number of ketones is 1. The van der Waals surface area contributed by atoms with Gasteiger partial charge in [-0.05, 0) is 31.5 Å². The maximum atomic E-state index is 12.3. The molecule has 0 amide bonds. The lowest BCUT2D eigenvalue weighted by Gasteiger charge is -2.07. The highest BCUT2D eigenvalue weighted by molar-refractivity contribution is 8.00. The van der Waals surface area contributed by atoms with Crippen LogP contribution in [-0.2, 0) is 0 Å². The molecule has 0 saturated carbocycles. The summed E-state index contributed by atoms with van der Waals surface area (Å²) in [6.45, 7) is 3.90. The fourth-order valence-electron chi connectivity index (χ4n) is 2.12. The van der Waals surface area contributed by atoms with Gasteiger partial charge in [0.05, 0.1) is 11.3 Å². The van der Waals surface area contributed by atoms with Crippen molar-refractivity contribution in [2.45, 2.75) is 18.7 Å². The van der Waals surface area contributed by atoms with Crippen LogP contribution < -0.4 is 0 Å². The molecule has 21 heavy (non-hydrogen) atoms. The van der Waals surface area contributed by atoms with Crippen LogP contribution in [0.5, 0.6) is 0 Å². The zero-order valence-corrected chi connectivity index (χ0v) is 12.7. The average Bonchev–Trinajstić information content (AvgIpc) is 2.45. The van der Waals surface area contributed by atoms with Crippen LogP contribution >= 0.6 is 11.8 Å². The molecule has 0 aliphatic rings. The molecule has 2 rings (SSSR count). The zero-order chi connectivity index (χ0) is 15.4. The van der Waals surface area contributed by atoms with Gasteiger partial charge in [-0.1, -0.05) is 35.9 Å². The first-order valence-electron chi connectivity index (χ1n) is 6.54. The first-order chi connectivity index (χ1) is 9.99. The minimum atomic E-state index is -0.975. The number of aryl methyl sites for hydroxylation is 2. The Morgan fingerprint density at radius 2 is 1.76 bits per heavy atom. The number of rotatable bonds is 5. The minimum absolute atomic E-state index is 0.0118. The van der Waals surface area contributed by atoms with Gasteiger partial charge in [-0.2, -0.15) is 0 Å². The van der Waals surface area contributed by atoms with Crippen LogP contribution in [0.3, 0.4) is 0 Å². The molecule has 0 aromatic heterocycles. The lowest BCUT2D eigenvalue weighted by Crippen LogP contribution is -2.06. The topological polar surface area (TPSA) is 54.4 Å². The second-order valence-electron chi connectivity index (χ2n) is 4.83. The average molecular weight is 300 g/mol. The molecule has 2 aromatic carbocycles. The predicted octanol–water partition coefficient (Wildman–Crippen LogP) is 3.98. The van der Waals surface area contributed by atoms with Crippen molar-refractivity contribution in [2.75, 3.05) is 5.75 Å². The van der Waals surface area contributed by atoms with Crippen LogP contribution in [0.15, 0.2) is 47.4 Å². The molecular weight excluding hydrogens is 284 g/mol. The van der Waals surface area contributed by atoms with Crippen molar-refractivity contribution in [3.63, 3.8) is 0 Å². The van der Waals surface area contributed by atoms with Crippen LogP contribution in [0, 0.1) is 13.8 Å². The molecule has 3 nitrogen and oxygen atoms in total. The van der Waals surface area contributed by atoms with Crippen molar-refractivity contribution >= 4 is 23.5 Å². The molecule has 0 aliphatic heterocycles. The first kappa shape index (κ1) is 15.3. The Morgan fingerprint density at radius 1 is 1.05 bits per heavy atom. The quantitative estimate of drug-likeness (QED) is 0.670. The number of carbonyl (C=O) groups excluding carboxylic acids is 1. The maximum absolute atomic E-state index is 12.3. The third-order valence-electron chi connectivity index (χ3n) is 3.16. The van der Waals surface area contributed by atoms with Gasteiger partial charge in [0.15, 0.2) is 5.78 Å². The maximum Gasteiger partial charge on any atom is 0.336 e. The molecule has 0 spiro atoms. The van der Waals surface area contributed by atoms with E-state index in [9.17, 15) is 9.59 Å². The number of carboxylic acids is 1. The number of hydrogen-bond acceptors (Lipinski definition) is 3. The van der Waals surface area contributed by atoms with Gasteiger partial charge >= 0.3 is 5.97 Å². The number of benzene rings is 2. The number of thioether (sulfide) groups is 1. The molecule has 0 fully saturated rings. The highest BCUT2D eigenvalue weighted by Gasteiger charge is 2.13. The van der Waals surface area contributed by atoms with E-state index in [1.807, 2.05) is 32.0 Å². The van der Waals surface area contributed by atoms with Crippen molar-refractivity contribution in [1.82, 2.24) is 0 Å². The predicted molar refractivity (Wildman–Crippen MR) is 84.4 cm³/mol. The van der Waals surface area contributed by atoms with Crippen molar-refractivity contribution in [3.05, 3.63) is 64.7 Å². The molecule has 2 aromatic rings. The third kappa shape index (κ3) is 3.73. The normalized spacial score (nSPS) is 10.4. The van der Waals surface area contributed by atoms with E-state index in [1.165, 1.54) is 11.8 Å². The third-order valence-corrected chi connectivity index (χ3v) is 4.23. The Bertz CT molecular complexity index is 692. The summed E-state index contributed by atoms with van der Waals surface area (Å²) in [4.78, 5) is 24.0. The van der Waals surface area contributed by atoms with Gasteiger partial charge in [-0.25, -0.2) is 4.79 Å². The largest absolute Gasteiger partial charge is 0.478 e. The highest BCUT2D eigenvalue weighted by atomic mass is 32.2. The van der Waals surface area contributed by atoms with E-state index in [0.717, 1.165) is 11.1 Å². The van der Waals surface area contributed by atoms with Gasteiger partial charge < -0.3 is 5.11 Å². The molecule has 4 heteroatoms. The van der Waals surface area contributed by atoms with E-state index in [0.29, 0.717) is 10.5 Å². The van der Waals surface area contributed by atoms with Crippen LogP contribution in [0.1, 0.15) is 31.8 Å². The molecule has 0 radical (unpaired) electrons. The zero-order valence-electron chi connectivity index (χ0n) is 11.9. The summed E-state index contributed by atoms with van der Waals surface area (Å²) in [5.74, 6) is -0.733. The number of Topliss-reactive ketones (excluding diaryl/α,β-unsaturated/α-hetero) is 1. The molecule has 0 unspecified atom stereocenters. The molecule has 0 atom stereocenters. The molecule has 0 aliphatic carbocycles. The van der Waals surface area contributed by atoms with Crippen molar-refractivity contribution < 1.29 is 14.7 Å². The van der Waals surface area contributed by atoms with Gasteiger partial charge in [0, 0.05) is 10.5 Å². The lowest BCUT2D eigenvalue weighted by atomic mass is 10.0. The molecule has 0 bridgehead atoms. The van der Waals surface area contributed by atoms with Crippen LogP contribution in [0.25, 0.3) is 0 Å². The second kappa shape index (κ2) is 6.59. The van der Waals surface area contributed by atoms with Crippen LogP contribution in [-0.4, -0.2) is 22.6 Å². The van der Waals surface area contributed by atoms with Crippen molar-refractivity contribution in [2.24, 2.45) is 0 Å². The summed E-state index contributed by atoms with van der Waals surface area (Å²) in [6, 6.07) is 12.4. The van der Waals surface area contributed by atoms with Gasteiger partial charge in [0.2, 0.25) is 0 Å². The smallest absolute Gasteiger partial charge is 0.336 e. The van der Waals surface area contributed by atoms with E-state index in [2.05, 4.69) is 0 Å². The number of hydrogen-bond donors (Lipinski definition) is 1. The Morgan fingerprint density at radius 3 is 2.43 bits per heavy atom. The summed E-state index contributed by atoms with van der Waals surface area (Å²) in [6.07, 6.45) is 0. The summed E-state index contributed by atoms with van der Waals surface area (Å²) in [5.41, 5.74) is 3.00. The summed E-state index contributed by atoms with van der Waals surface area (Å²) in [5, 5.41) is 9.12. The first-order valence-corrected chi connectivity index (χ1v) is 7.53. The highest BCUT2D eigenvalue weighted by Crippen LogP contribution is 2.24. The Labute approximate surface area is 128 Å². The number of carboxylic acid groups (broad SMARTS) is 1. The lowest BCUT2D eigenvalue weighted by molar-refractivity contribution is 0.0692. The second-order valence-corrected chi connectivity index (χ2v) is 5.85. The molecular formula is C17H16O3S. The van der Waals surface area contributed by atoms with Gasteiger partial charge in [-0.3, -0.25) is 4.79 Å². The van der Waals surface area contributed by atoms with Gasteiger partial charge in [0.25, 0.3) is 0 Å². The molecule has 108 valence electrons. The van der Waals surface area contributed by atoms with Gasteiger partial charge in [0.1, 0.15) is 0 Å². The number of carbonyl (C=O) groups is 2. The van der Waals surface area contributed by atoms with Crippen molar-refractivity contribution in [1.29, 1.82) is 0 Å². The van der Waals surface area contributed by atoms with Crippen LogP contribution in [0.4, 0.5) is 0 Å². The standard InChI is InChI=1S/C17H16O3S/c1-11-7-8-13(12(2)9-11)15(18)10-21-16-6-4-3-5-14(16)17(19)20/h3-9H,10H2,1-2H3,(H,19,20). The van der Waals surface area contributed by atoms with E-state index < -0.39 is 5.97 Å². The minimum Gasteiger partial charge on any atom is -0.478 e. The fraction of sp³-hybridized carbons (Fsp3) is 0.176. The SMILES string of the molecule is Cc1ccc(C(=O)CSc2ccccc2C(=O)O)c(C)c1. The Hall–Kier alpha value is -2.07. The van der Waals surface area contributed by atoms with Crippen molar-refractivity contribution in [3.8, 4) is 0 Å². The summed E-state index contributed by atoms with van der Waals surface area (Å²) < 4.78 is 0. The van der Waals surface area contributed by atoms with E-state index in [4.69, 9.17) is 5.11 Å². The summed E-state index contributed by atoms with van der Waals surface area (Å²) in [7, 11) is 0. The fourth-order valence-corrected chi connectivity index (χ4v) is 3.04. The molecule has 0 saturated heterocycles. The Kier molecular flexibility index (Phi) is 4.81. The van der Waals surface area contributed by atoms with Gasteiger partial charge in [-0.15, -0.1) is 11.8 Å². The molecule has 0 heterocycles. The molecule has 1 N–H and O–H groups in total. The monoisotopic (exact) mass is 300 g/mol. The number of aromatic carboxylic acids is 1. The van der Waals surface area contributed by atoms with E-state index in [1.54, 1.807) is 24.3 Å². The summed E-state index contributed by atoms with van der Waals surface area (Å²) >= 11 is 1.26. The van der Waals surface area contributed by atoms with E-state index >= 15 is 0 Å².